The van der Waals surface area contributed by atoms with E-state index < -0.39 is 0 Å². The first kappa shape index (κ1) is 12.3. The van der Waals surface area contributed by atoms with Crippen LogP contribution in [0.1, 0.15) is 44.0 Å². The summed E-state index contributed by atoms with van der Waals surface area (Å²) >= 11 is 0. The van der Waals surface area contributed by atoms with Gasteiger partial charge in [-0.05, 0) is 38.3 Å². The first-order valence-electron chi connectivity index (χ1n) is 6.48. The van der Waals surface area contributed by atoms with Crippen LogP contribution in [0.3, 0.4) is 0 Å². The zero-order chi connectivity index (χ0) is 12.3. The highest BCUT2D eigenvalue weighted by Crippen LogP contribution is 2.15. The van der Waals surface area contributed by atoms with Crippen molar-refractivity contribution in [1.29, 1.82) is 0 Å². The maximum absolute atomic E-state index is 4.58. The topological polar surface area (TPSA) is 49.8 Å². The molecule has 2 N–H and O–H groups in total. The maximum atomic E-state index is 4.58. The van der Waals surface area contributed by atoms with Gasteiger partial charge >= 0.3 is 0 Å². The molecule has 1 aromatic heterocycles. The minimum absolute atomic E-state index is 0.446. The molecule has 4 nitrogen and oxygen atoms in total. The maximum Gasteiger partial charge on any atom is 0.223 e. The molecule has 2 rings (SSSR count). The number of hydrogen-bond acceptors (Lipinski definition) is 4. The number of nitrogens with zero attached hydrogens (tertiary/aromatic N) is 2. The number of anilines is 1. The van der Waals surface area contributed by atoms with Crippen LogP contribution in [-0.2, 0) is 0 Å². The summed E-state index contributed by atoms with van der Waals surface area (Å²) in [6, 6.07) is 2.53. The van der Waals surface area contributed by atoms with E-state index in [1.807, 2.05) is 6.92 Å². The van der Waals surface area contributed by atoms with Gasteiger partial charge in [-0.3, -0.25) is 0 Å². The van der Waals surface area contributed by atoms with Crippen LogP contribution in [0.2, 0.25) is 0 Å². The number of aryl methyl sites for hydroxylation is 1. The molecule has 0 spiro atoms. The van der Waals surface area contributed by atoms with E-state index in [-0.39, 0.29) is 0 Å². The average Bonchev–Trinajstić information content (AvgIpc) is 2.29. The Morgan fingerprint density at radius 1 is 1.41 bits per heavy atom. The lowest BCUT2D eigenvalue weighted by Crippen LogP contribution is -2.38. The van der Waals surface area contributed by atoms with Gasteiger partial charge in [0.2, 0.25) is 5.95 Å². The normalized spacial score (nSPS) is 20.6. The monoisotopic (exact) mass is 234 g/mol. The fourth-order valence-corrected chi connectivity index (χ4v) is 2.11. The van der Waals surface area contributed by atoms with Crippen LogP contribution in [0.25, 0.3) is 0 Å². The smallest absolute Gasteiger partial charge is 0.223 e. The van der Waals surface area contributed by atoms with Crippen molar-refractivity contribution in [3.05, 3.63) is 17.5 Å². The first-order chi connectivity index (χ1) is 8.15. The van der Waals surface area contributed by atoms with Crippen LogP contribution < -0.4 is 10.6 Å². The second kappa shape index (κ2) is 5.45. The van der Waals surface area contributed by atoms with Gasteiger partial charge in [0.1, 0.15) is 0 Å². The first-order valence-corrected chi connectivity index (χ1v) is 6.48. The SMILES string of the molecule is Cc1cc(C(C)C)nc(NC2CCCNC2)n1. The van der Waals surface area contributed by atoms with Crippen molar-refractivity contribution in [1.82, 2.24) is 15.3 Å². The van der Waals surface area contributed by atoms with Crippen molar-refractivity contribution in [2.45, 2.75) is 45.6 Å². The van der Waals surface area contributed by atoms with Gasteiger partial charge in [0, 0.05) is 24.0 Å². The predicted octanol–water partition coefficient (Wildman–Crippen LogP) is 2.07. The molecule has 0 bridgehead atoms. The van der Waals surface area contributed by atoms with Crippen LogP contribution in [0, 0.1) is 6.92 Å². The fourth-order valence-electron chi connectivity index (χ4n) is 2.11. The molecule has 0 amide bonds. The average molecular weight is 234 g/mol. The summed E-state index contributed by atoms with van der Waals surface area (Å²) < 4.78 is 0. The van der Waals surface area contributed by atoms with E-state index in [4.69, 9.17) is 0 Å². The summed E-state index contributed by atoms with van der Waals surface area (Å²) in [5.41, 5.74) is 2.15. The second-order valence-corrected chi connectivity index (χ2v) is 5.10. The van der Waals surface area contributed by atoms with Gasteiger partial charge in [0.05, 0.1) is 0 Å². The Bertz CT molecular complexity index is 370. The summed E-state index contributed by atoms with van der Waals surface area (Å²) in [5.74, 6) is 1.23. The van der Waals surface area contributed by atoms with Crippen LogP contribution in [-0.4, -0.2) is 29.1 Å². The molecule has 4 heteroatoms. The zero-order valence-corrected chi connectivity index (χ0v) is 11.0. The van der Waals surface area contributed by atoms with Crippen molar-refractivity contribution in [3.63, 3.8) is 0 Å². The lowest BCUT2D eigenvalue weighted by Gasteiger charge is -2.24. The van der Waals surface area contributed by atoms with E-state index >= 15 is 0 Å². The molecule has 17 heavy (non-hydrogen) atoms. The van der Waals surface area contributed by atoms with Gasteiger partial charge in [-0.2, -0.15) is 0 Å². The summed E-state index contributed by atoms with van der Waals surface area (Å²) in [5, 5.41) is 6.82. The summed E-state index contributed by atoms with van der Waals surface area (Å²) in [4.78, 5) is 9.04. The molecule has 1 aromatic rings. The lowest BCUT2D eigenvalue weighted by atomic mass is 10.1. The molecule has 1 aliphatic heterocycles. The number of piperidine rings is 1. The van der Waals surface area contributed by atoms with Gasteiger partial charge < -0.3 is 10.6 Å². The van der Waals surface area contributed by atoms with Crippen molar-refractivity contribution < 1.29 is 0 Å². The van der Waals surface area contributed by atoms with Crippen LogP contribution >= 0.6 is 0 Å². The van der Waals surface area contributed by atoms with Crippen molar-refractivity contribution in [2.75, 3.05) is 18.4 Å². The summed E-state index contributed by atoms with van der Waals surface area (Å²) in [7, 11) is 0. The standard InChI is InChI=1S/C13H22N4/c1-9(2)12-7-10(3)15-13(17-12)16-11-5-4-6-14-8-11/h7,9,11,14H,4-6,8H2,1-3H3,(H,15,16,17). The number of rotatable bonds is 3. The summed E-state index contributed by atoms with van der Waals surface area (Å²) in [6.45, 7) is 8.48. The Balaban J connectivity index is 2.09. The molecule has 1 fully saturated rings. The van der Waals surface area contributed by atoms with Crippen LogP contribution in [0.15, 0.2) is 6.07 Å². The highest BCUT2D eigenvalue weighted by Gasteiger charge is 2.14. The molecule has 1 unspecified atom stereocenters. The van der Waals surface area contributed by atoms with E-state index in [1.54, 1.807) is 0 Å². The van der Waals surface area contributed by atoms with E-state index in [2.05, 4.69) is 40.5 Å². The van der Waals surface area contributed by atoms with Gasteiger partial charge in [0.15, 0.2) is 0 Å². The molecule has 1 atom stereocenters. The highest BCUT2D eigenvalue weighted by molar-refractivity contribution is 5.30. The van der Waals surface area contributed by atoms with Crippen molar-refractivity contribution >= 4 is 5.95 Å². The number of hydrogen-bond donors (Lipinski definition) is 2. The molecule has 0 aromatic carbocycles. The molecular formula is C13H22N4. The fraction of sp³-hybridized carbons (Fsp3) is 0.692. The molecule has 94 valence electrons. The Morgan fingerprint density at radius 2 is 2.24 bits per heavy atom. The molecule has 0 saturated carbocycles. The number of aromatic nitrogens is 2. The van der Waals surface area contributed by atoms with Crippen molar-refractivity contribution in [2.24, 2.45) is 0 Å². The Labute approximate surface area is 103 Å². The molecule has 0 radical (unpaired) electrons. The Hall–Kier alpha value is -1.16. The molecule has 1 aliphatic rings. The van der Waals surface area contributed by atoms with Gasteiger partial charge in [-0.15, -0.1) is 0 Å². The second-order valence-electron chi connectivity index (χ2n) is 5.10. The lowest BCUT2D eigenvalue weighted by molar-refractivity contribution is 0.477. The van der Waals surface area contributed by atoms with Gasteiger partial charge in [0.25, 0.3) is 0 Å². The Morgan fingerprint density at radius 3 is 2.88 bits per heavy atom. The number of nitrogens with one attached hydrogen (secondary N) is 2. The Kier molecular flexibility index (Phi) is 3.94. The van der Waals surface area contributed by atoms with E-state index in [0.29, 0.717) is 12.0 Å². The van der Waals surface area contributed by atoms with E-state index in [0.717, 1.165) is 30.4 Å². The molecular weight excluding hydrogens is 212 g/mol. The third kappa shape index (κ3) is 3.40. The molecule has 1 saturated heterocycles. The molecule has 0 aliphatic carbocycles. The van der Waals surface area contributed by atoms with Crippen molar-refractivity contribution in [3.8, 4) is 0 Å². The largest absolute Gasteiger partial charge is 0.350 e. The van der Waals surface area contributed by atoms with E-state index in [9.17, 15) is 0 Å². The predicted molar refractivity (Wildman–Crippen MR) is 70.4 cm³/mol. The van der Waals surface area contributed by atoms with Gasteiger partial charge in [-0.1, -0.05) is 13.8 Å². The van der Waals surface area contributed by atoms with Gasteiger partial charge in [-0.25, -0.2) is 9.97 Å². The van der Waals surface area contributed by atoms with Crippen LogP contribution in [0.4, 0.5) is 5.95 Å². The van der Waals surface area contributed by atoms with Crippen LogP contribution in [0.5, 0.6) is 0 Å². The highest BCUT2D eigenvalue weighted by atomic mass is 15.1. The minimum atomic E-state index is 0.446. The third-order valence-electron chi connectivity index (χ3n) is 3.10. The quantitative estimate of drug-likeness (QED) is 0.840. The molecule has 2 heterocycles. The minimum Gasteiger partial charge on any atom is -0.350 e. The van der Waals surface area contributed by atoms with E-state index in [1.165, 1.54) is 12.8 Å². The summed E-state index contributed by atoms with van der Waals surface area (Å²) in [6.07, 6.45) is 2.42. The third-order valence-corrected chi connectivity index (χ3v) is 3.10. The zero-order valence-electron chi connectivity index (χ0n) is 11.0.